The van der Waals surface area contributed by atoms with Crippen LogP contribution in [0.5, 0.6) is 0 Å². The van der Waals surface area contributed by atoms with Gasteiger partial charge in [-0.1, -0.05) is 32.9 Å². The highest BCUT2D eigenvalue weighted by molar-refractivity contribution is 5.96. The monoisotopic (exact) mass is 262 g/mol. The molecule has 0 saturated carbocycles. The van der Waals surface area contributed by atoms with E-state index in [1.54, 1.807) is 12.1 Å². The zero-order chi connectivity index (χ0) is 14.3. The second-order valence-electron chi connectivity index (χ2n) is 4.81. The summed E-state index contributed by atoms with van der Waals surface area (Å²) in [6.45, 7) is 6.85. The molecule has 1 aromatic carbocycles. The molecule has 104 valence electrons. The van der Waals surface area contributed by atoms with Crippen LogP contribution in [-0.4, -0.2) is 24.9 Å². The average molecular weight is 262 g/mol. The SMILES string of the molecule is CCCNC(=O)CNC(=O)c1ccc(C(C)C)cc1. The first kappa shape index (κ1) is 15.2. The maximum absolute atomic E-state index is 11.8. The van der Waals surface area contributed by atoms with E-state index >= 15 is 0 Å². The molecule has 0 atom stereocenters. The molecule has 19 heavy (non-hydrogen) atoms. The van der Waals surface area contributed by atoms with Crippen LogP contribution >= 0.6 is 0 Å². The minimum Gasteiger partial charge on any atom is -0.355 e. The van der Waals surface area contributed by atoms with Crippen molar-refractivity contribution in [2.75, 3.05) is 13.1 Å². The highest BCUT2D eigenvalue weighted by atomic mass is 16.2. The van der Waals surface area contributed by atoms with E-state index in [0.717, 1.165) is 6.42 Å². The Morgan fingerprint density at radius 2 is 1.74 bits per heavy atom. The van der Waals surface area contributed by atoms with E-state index in [1.807, 2.05) is 19.1 Å². The van der Waals surface area contributed by atoms with Gasteiger partial charge in [-0.25, -0.2) is 0 Å². The van der Waals surface area contributed by atoms with Crippen molar-refractivity contribution in [2.45, 2.75) is 33.1 Å². The van der Waals surface area contributed by atoms with E-state index in [2.05, 4.69) is 24.5 Å². The number of hydrogen-bond acceptors (Lipinski definition) is 2. The van der Waals surface area contributed by atoms with E-state index in [9.17, 15) is 9.59 Å². The molecule has 0 unspecified atom stereocenters. The molecule has 2 amide bonds. The van der Waals surface area contributed by atoms with E-state index in [4.69, 9.17) is 0 Å². The number of rotatable bonds is 6. The predicted octanol–water partition coefficient (Wildman–Crippen LogP) is 2.07. The van der Waals surface area contributed by atoms with Gasteiger partial charge in [0.25, 0.3) is 5.91 Å². The lowest BCUT2D eigenvalue weighted by Crippen LogP contribution is -2.37. The molecule has 4 heteroatoms. The van der Waals surface area contributed by atoms with Crippen molar-refractivity contribution in [3.8, 4) is 0 Å². The Labute approximate surface area is 114 Å². The molecule has 1 rings (SSSR count). The van der Waals surface area contributed by atoms with Gasteiger partial charge >= 0.3 is 0 Å². The van der Waals surface area contributed by atoms with Crippen molar-refractivity contribution in [1.29, 1.82) is 0 Å². The Bertz CT molecular complexity index is 424. The first-order valence-corrected chi connectivity index (χ1v) is 6.69. The molecule has 0 aliphatic heterocycles. The second-order valence-corrected chi connectivity index (χ2v) is 4.81. The Morgan fingerprint density at radius 3 is 2.26 bits per heavy atom. The second kappa shape index (κ2) is 7.56. The Hall–Kier alpha value is -1.84. The largest absolute Gasteiger partial charge is 0.355 e. The molecule has 1 aromatic rings. The van der Waals surface area contributed by atoms with Crippen LogP contribution in [0, 0.1) is 0 Å². The van der Waals surface area contributed by atoms with Gasteiger partial charge in [0.05, 0.1) is 6.54 Å². The minimum absolute atomic E-state index is 0.0186. The summed E-state index contributed by atoms with van der Waals surface area (Å²) < 4.78 is 0. The molecule has 2 N–H and O–H groups in total. The quantitative estimate of drug-likeness (QED) is 0.824. The maximum atomic E-state index is 11.8. The Kier molecular flexibility index (Phi) is 6.06. The van der Waals surface area contributed by atoms with Gasteiger partial charge in [-0.3, -0.25) is 9.59 Å². The highest BCUT2D eigenvalue weighted by Gasteiger charge is 2.08. The third kappa shape index (κ3) is 5.12. The van der Waals surface area contributed by atoms with Crippen LogP contribution in [0.1, 0.15) is 49.0 Å². The summed E-state index contributed by atoms with van der Waals surface area (Å²) in [5.74, 6) is 0.0629. The number of amides is 2. The number of nitrogens with one attached hydrogen (secondary N) is 2. The fourth-order valence-corrected chi connectivity index (χ4v) is 1.61. The molecule has 4 nitrogen and oxygen atoms in total. The van der Waals surface area contributed by atoms with Gasteiger partial charge in [0.1, 0.15) is 0 Å². The molecule has 0 spiro atoms. The van der Waals surface area contributed by atoms with E-state index in [1.165, 1.54) is 5.56 Å². The van der Waals surface area contributed by atoms with Gasteiger partial charge in [-0.15, -0.1) is 0 Å². The first-order chi connectivity index (χ1) is 9.04. The molecule has 0 heterocycles. The lowest BCUT2D eigenvalue weighted by atomic mass is 10.0. The Morgan fingerprint density at radius 1 is 1.11 bits per heavy atom. The van der Waals surface area contributed by atoms with Crippen LogP contribution in [0.3, 0.4) is 0 Å². The van der Waals surface area contributed by atoms with Crippen molar-refractivity contribution < 1.29 is 9.59 Å². The molecular weight excluding hydrogens is 240 g/mol. The predicted molar refractivity (Wildman–Crippen MR) is 76.2 cm³/mol. The summed E-state index contributed by atoms with van der Waals surface area (Å²) in [6.07, 6.45) is 0.885. The zero-order valence-corrected chi connectivity index (χ0v) is 11.8. The average Bonchev–Trinajstić information content (AvgIpc) is 2.42. The summed E-state index contributed by atoms with van der Waals surface area (Å²) in [5.41, 5.74) is 1.77. The minimum atomic E-state index is -0.220. The van der Waals surface area contributed by atoms with Crippen LogP contribution in [0.15, 0.2) is 24.3 Å². The molecule has 0 aliphatic rings. The van der Waals surface area contributed by atoms with Crippen LogP contribution in [-0.2, 0) is 4.79 Å². The lowest BCUT2D eigenvalue weighted by molar-refractivity contribution is -0.120. The summed E-state index contributed by atoms with van der Waals surface area (Å²) in [4.78, 5) is 23.2. The number of carbonyl (C=O) groups excluding carboxylic acids is 2. The van der Waals surface area contributed by atoms with Gasteiger partial charge in [0, 0.05) is 12.1 Å². The van der Waals surface area contributed by atoms with Crippen LogP contribution in [0.25, 0.3) is 0 Å². The molecule has 0 fully saturated rings. The third-order valence-electron chi connectivity index (χ3n) is 2.82. The molecule has 0 radical (unpaired) electrons. The van der Waals surface area contributed by atoms with Crippen LogP contribution < -0.4 is 10.6 Å². The fraction of sp³-hybridized carbons (Fsp3) is 0.467. The summed E-state index contributed by atoms with van der Waals surface area (Å²) >= 11 is 0. The van der Waals surface area contributed by atoms with Crippen molar-refractivity contribution in [1.82, 2.24) is 10.6 Å². The van der Waals surface area contributed by atoms with Crippen molar-refractivity contribution in [2.24, 2.45) is 0 Å². The van der Waals surface area contributed by atoms with Crippen LogP contribution in [0.4, 0.5) is 0 Å². The third-order valence-corrected chi connectivity index (χ3v) is 2.82. The zero-order valence-electron chi connectivity index (χ0n) is 11.8. The van der Waals surface area contributed by atoms with Gasteiger partial charge in [0.2, 0.25) is 5.91 Å². The van der Waals surface area contributed by atoms with Gasteiger partial charge in [0.15, 0.2) is 0 Å². The molecule has 0 aliphatic carbocycles. The lowest BCUT2D eigenvalue weighted by Gasteiger charge is -2.08. The molecule has 0 bridgehead atoms. The summed E-state index contributed by atoms with van der Waals surface area (Å²) in [6, 6.07) is 7.46. The normalized spacial score (nSPS) is 10.3. The maximum Gasteiger partial charge on any atom is 0.251 e. The fourth-order valence-electron chi connectivity index (χ4n) is 1.61. The summed E-state index contributed by atoms with van der Waals surface area (Å²) in [7, 11) is 0. The standard InChI is InChI=1S/C15H22N2O2/c1-4-9-16-14(18)10-17-15(19)13-7-5-12(6-8-13)11(2)3/h5-8,11H,4,9-10H2,1-3H3,(H,16,18)(H,17,19). The number of hydrogen-bond donors (Lipinski definition) is 2. The Balaban J connectivity index is 2.47. The van der Waals surface area contributed by atoms with E-state index < -0.39 is 0 Å². The number of benzene rings is 1. The van der Waals surface area contributed by atoms with Gasteiger partial charge < -0.3 is 10.6 Å². The molecular formula is C15H22N2O2. The smallest absolute Gasteiger partial charge is 0.251 e. The van der Waals surface area contributed by atoms with Crippen molar-refractivity contribution in [3.63, 3.8) is 0 Å². The van der Waals surface area contributed by atoms with Gasteiger partial charge in [-0.05, 0) is 30.0 Å². The van der Waals surface area contributed by atoms with Gasteiger partial charge in [-0.2, -0.15) is 0 Å². The number of carbonyl (C=O) groups is 2. The van der Waals surface area contributed by atoms with Crippen molar-refractivity contribution in [3.05, 3.63) is 35.4 Å². The van der Waals surface area contributed by atoms with Crippen molar-refractivity contribution >= 4 is 11.8 Å². The van der Waals surface area contributed by atoms with E-state index in [-0.39, 0.29) is 18.4 Å². The summed E-state index contributed by atoms with van der Waals surface area (Å²) in [5, 5.41) is 5.31. The highest BCUT2D eigenvalue weighted by Crippen LogP contribution is 2.14. The van der Waals surface area contributed by atoms with E-state index in [0.29, 0.717) is 18.0 Å². The van der Waals surface area contributed by atoms with Crippen LogP contribution in [0.2, 0.25) is 0 Å². The topological polar surface area (TPSA) is 58.2 Å². The first-order valence-electron chi connectivity index (χ1n) is 6.69. The molecule has 0 saturated heterocycles. The molecule has 0 aromatic heterocycles.